The molecule has 2 aromatic heterocycles. The van der Waals surface area contributed by atoms with Crippen molar-refractivity contribution in [1.29, 1.82) is 0 Å². The number of amides is 1. The quantitative estimate of drug-likeness (QED) is 0.852. The van der Waals surface area contributed by atoms with Gasteiger partial charge >= 0.3 is 0 Å². The zero-order valence-electron chi connectivity index (χ0n) is 11.3. The lowest BCUT2D eigenvalue weighted by molar-refractivity contribution is -0.122. The van der Waals surface area contributed by atoms with E-state index in [9.17, 15) is 4.79 Å². The largest absolute Gasteiger partial charge is 0.369 e. The zero-order valence-corrected chi connectivity index (χ0v) is 11.3. The minimum atomic E-state index is -0.229. The van der Waals surface area contributed by atoms with Gasteiger partial charge in [-0.2, -0.15) is 0 Å². The summed E-state index contributed by atoms with van der Waals surface area (Å²) >= 11 is 0. The molecule has 4 N–H and O–H groups in total. The van der Waals surface area contributed by atoms with Crippen LogP contribution in [-0.4, -0.2) is 28.4 Å². The molecule has 0 aromatic carbocycles. The molecule has 1 unspecified atom stereocenters. The lowest BCUT2D eigenvalue weighted by Crippen LogP contribution is -2.41. The summed E-state index contributed by atoms with van der Waals surface area (Å²) in [5.74, 6) is 0.552. The molecule has 1 aliphatic rings. The highest BCUT2D eigenvalue weighted by molar-refractivity contribution is 5.77. The van der Waals surface area contributed by atoms with Gasteiger partial charge in [-0.15, -0.1) is 0 Å². The first-order valence-electron chi connectivity index (χ1n) is 6.91. The second-order valence-corrected chi connectivity index (χ2v) is 5.20. The van der Waals surface area contributed by atoms with E-state index in [1.165, 1.54) is 0 Å². The number of rotatable bonds is 3. The highest BCUT2D eigenvalue weighted by Gasteiger charge is 2.27. The van der Waals surface area contributed by atoms with Crippen molar-refractivity contribution in [3.63, 3.8) is 0 Å². The molecule has 1 atom stereocenters. The van der Waals surface area contributed by atoms with Gasteiger partial charge in [-0.3, -0.25) is 4.79 Å². The van der Waals surface area contributed by atoms with Crippen LogP contribution in [0, 0.1) is 5.92 Å². The van der Waals surface area contributed by atoms with Gasteiger partial charge in [0, 0.05) is 25.8 Å². The summed E-state index contributed by atoms with van der Waals surface area (Å²) in [5.41, 5.74) is 13.2. The van der Waals surface area contributed by atoms with Crippen LogP contribution in [0.1, 0.15) is 18.5 Å². The monoisotopic (exact) mass is 273 g/mol. The molecule has 1 saturated heterocycles. The first-order chi connectivity index (χ1) is 9.70. The maximum atomic E-state index is 11.4. The van der Waals surface area contributed by atoms with Crippen molar-refractivity contribution in [2.45, 2.75) is 19.4 Å². The third-order valence-corrected chi connectivity index (χ3v) is 3.92. The molecule has 0 bridgehead atoms. The summed E-state index contributed by atoms with van der Waals surface area (Å²) in [5, 5.41) is 0. The molecule has 6 nitrogen and oxygen atoms in total. The molecule has 106 valence electrons. The van der Waals surface area contributed by atoms with Crippen LogP contribution in [0.15, 0.2) is 24.4 Å². The van der Waals surface area contributed by atoms with Gasteiger partial charge in [-0.05, 0) is 25.0 Å². The molecule has 20 heavy (non-hydrogen) atoms. The third-order valence-electron chi connectivity index (χ3n) is 3.92. The Morgan fingerprint density at radius 1 is 1.45 bits per heavy atom. The number of fused-ring (bicyclic) bond motifs is 1. The first-order valence-corrected chi connectivity index (χ1v) is 6.91. The minimum absolute atomic E-state index is 0.0980. The van der Waals surface area contributed by atoms with Gasteiger partial charge in [0.15, 0.2) is 5.82 Å². The van der Waals surface area contributed by atoms with Crippen LogP contribution in [0.5, 0.6) is 0 Å². The second kappa shape index (κ2) is 5.13. The zero-order chi connectivity index (χ0) is 14.1. The van der Waals surface area contributed by atoms with Crippen LogP contribution >= 0.6 is 0 Å². The Morgan fingerprint density at radius 2 is 2.30 bits per heavy atom. The smallest absolute Gasteiger partial charge is 0.222 e. The summed E-state index contributed by atoms with van der Waals surface area (Å²) in [4.78, 5) is 18.2. The number of carbonyl (C=O) groups is 1. The molecular weight excluding hydrogens is 254 g/mol. The minimum Gasteiger partial charge on any atom is -0.369 e. The van der Waals surface area contributed by atoms with Crippen LogP contribution in [0.25, 0.3) is 5.65 Å². The molecule has 3 rings (SSSR count). The average Bonchev–Trinajstić information content (AvgIpc) is 2.86. The van der Waals surface area contributed by atoms with E-state index >= 15 is 0 Å². The fraction of sp³-hybridized carbons (Fsp3) is 0.429. The van der Waals surface area contributed by atoms with E-state index in [2.05, 4.69) is 9.88 Å². The van der Waals surface area contributed by atoms with Crippen molar-refractivity contribution in [1.82, 2.24) is 9.38 Å². The van der Waals surface area contributed by atoms with Crippen LogP contribution < -0.4 is 16.4 Å². The molecule has 1 aliphatic heterocycles. The number of piperidine rings is 1. The van der Waals surface area contributed by atoms with Crippen LogP contribution in [-0.2, 0) is 11.3 Å². The van der Waals surface area contributed by atoms with E-state index in [1.54, 1.807) is 0 Å². The van der Waals surface area contributed by atoms with Crippen LogP contribution in [0.2, 0.25) is 0 Å². The number of imidazole rings is 1. The van der Waals surface area contributed by atoms with Gasteiger partial charge in [-0.1, -0.05) is 6.07 Å². The second-order valence-electron chi connectivity index (χ2n) is 5.20. The number of pyridine rings is 1. The van der Waals surface area contributed by atoms with Crippen LogP contribution in [0.4, 0.5) is 5.82 Å². The number of primary amides is 1. The Labute approximate surface area is 117 Å². The van der Waals surface area contributed by atoms with E-state index < -0.39 is 0 Å². The van der Waals surface area contributed by atoms with Gasteiger partial charge in [0.2, 0.25) is 5.91 Å². The molecule has 1 amide bonds. The maximum absolute atomic E-state index is 11.4. The molecule has 0 spiro atoms. The Morgan fingerprint density at radius 3 is 3.05 bits per heavy atom. The van der Waals surface area contributed by atoms with Crippen LogP contribution in [0.3, 0.4) is 0 Å². The normalized spacial score (nSPS) is 19.4. The maximum Gasteiger partial charge on any atom is 0.222 e. The van der Waals surface area contributed by atoms with E-state index in [-0.39, 0.29) is 11.8 Å². The number of anilines is 1. The highest BCUT2D eigenvalue weighted by atomic mass is 16.1. The number of carbonyl (C=O) groups excluding carboxylic acids is 1. The number of nitrogens with zero attached hydrogens (tertiary/aromatic N) is 3. The fourth-order valence-electron chi connectivity index (χ4n) is 2.88. The summed E-state index contributed by atoms with van der Waals surface area (Å²) in [6.45, 7) is 1.94. The molecule has 0 saturated carbocycles. The van der Waals surface area contributed by atoms with E-state index in [1.807, 2.05) is 28.8 Å². The summed E-state index contributed by atoms with van der Waals surface area (Å²) in [7, 11) is 0. The lowest BCUT2D eigenvalue weighted by Gasteiger charge is -2.32. The SMILES string of the molecule is NCc1c(N2CCCC(C(N)=O)C2)nc2ccccn12. The Balaban J connectivity index is 1.98. The van der Waals surface area contributed by atoms with E-state index in [0.717, 1.165) is 36.5 Å². The molecule has 0 aliphatic carbocycles. The van der Waals surface area contributed by atoms with Crippen molar-refractivity contribution >= 4 is 17.4 Å². The number of hydrogen-bond donors (Lipinski definition) is 2. The van der Waals surface area contributed by atoms with Crippen molar-refractivity contribution < 1.29 is 4.79 Å². The van der Waals surface area contributed by atoms with Crippen molar-refractivity contribution in [2.75, 3.05) is 18.0 Å². The highest BCUT2D eigenvalue weighted by Crippen LogP contribution is 2.26. The molecular formula is C14H19N5O. The average molecular weight is 273 g/mol. The molecule has 6 heteroatoms. The standard InChI is InChI=1S/C14H19N5O/c15-8-11-14(17-12-5-1-2-7-19(11)12)18-6-3-4-10(9-18)13(16)20/h1-2,5,7,10H,3-4,6,8-9,15H2,(H2,16,20). The summed E-state index contributed by atoms with van der Waals surface area (Å²) < 4.78 is 2.00. The van der Waals surface area contributed by atoms with Crippen molar-refractivity contribution in [3.8, 4) is 0 Å². The third kappa shape index (κ3) is 2.12. The van der Waals surface area contributed by atoms with Gasteiger partial charge in [-0.25, -0.2) is 4.98 Å². The number of aromatic nitrogens is 2. The fourth-order valence-corrected chi connectivity index (χ4v) is 2.88. The predicted octanol–water partition coefficient (Wildman–Crippen LogP) is 0.495. The topological polar surface area (TPSA) is 89.6 Å². The Bertz CT molecular complexity index is 636. The lowest BCUT2D eigenvalue weighted by atomic mass is 9.97. The summed E-state index contributed by atoms with van der Waals surface area (Å²) in [6, 6.07) is 5.87. The Kier molecular flexibility index (Phi) is 3.31. The van der Waals surface area contributed by atoms with E-state index in [0.29, 0.717) is 13.1 Å². The van der Waals surface area contributed by atoms with Gasteiger partial charge in [0.25, 0.3) is 0 Å². The predicted molar refractivity (Wildman–Crippen MR) is 77.2 cm³/mol. The molecule has 0 radical (unpaired) electrons. The molecule has 2 aromatic rings. The first kappa shape index (κ1) is 12.9. The number of hydrogen-bond acceptors (Lipinski definition) is 4. The van der Waals surface area contributed by atoms with Crippen molar-refractivity contribution in [3.05, 3.63) is 30.1 Å². The van der Waals surface area contributed by atoms with Gasteiger partial charge < -0.3 is 20.8 Å². The molecule has 1 fully saturated rings. The molecule has 3 heterocycles. The van der Waals surface area contributed by atoms with E-state index in [4.69, 9.17) is 11.5 Å². The van der Waals surface area contributed by atoms with Crippen molar-refractivity contribution in [2.24, 2.45) is 17.4 Å². The van der Waals surface area contributed by atoms with Gasteiger partial charge in [0.05, 0.1) is 11.6 Å². The Hall–Kier alpha value is -2.08. The summed E-state index contributed by atoms with van der Waals surface area (Å²) in [6.07, 6.45) is 3.77. The van der Waals surface area contributed by atoms with Gasteiger partial charge in [0.1, 0.15) is 5.65 Å². The number of nitrogens with two attached hydrogens (primary N) is 2.